The summed E-state index contributed by atoms with van der Waals surface area (Å²) in [5.41, 5.74) is 8.66. The molecule has 0 spiro atoms. The fourth-order valence-corrected chi connectivity index (χ4v) is 1.66. The summed E-state index contributed by atoms with van der Waals surface area (Å²) in [5, 5.41) is 15.6. The van der Waals surface area contributed by atoms with Gasteiger partial charge in [0.25, 0.3) is 6.47 Å². The number of anilines is 1. The van der Waals surface area contributed by atoms with Crippen molar-refractivity contribution >= 4 is 18.1 Å². The predicted molar refractivity (Wildman–Crippen MR) is 74.1 cm³/mol. The van der Waals surface area contributed by atoms with Crippen LogP contribution in [-0.2, 0) is 16.0 Å². The Kier molecular flexibility index (Phi) is 5.71. The third kappa shape index (κ3) is 4.41. The molecule has 0 fully saturated rings. The minimum atomic E-state index is -0.851. The average molecular weight is 274 g/mol. The number of hydrogen-bond donors (Lipinski definition) is 3. The number of benzene rings is 1. The van der Waals surface area contributed by atoms with Gasteiger partial charge in [-0.25, -0.2) is 0 Å². The van der Waals surface area contributed by atoms with Gasteiger partial charge in [0.1, 0.15) is 0 Å². The Morgan fingerprint density at radius 3 is 2.60 bits per heavy atom. The minimum absolute atomic E-state index is 0.000574. The molecule has 0 amide bonds. The van der Waals surface area contributed by atoms with Crippen LogP contribution in [0.25, 0.3) is 11.3 Å². The number of nitrogens with zero attached hydrogens (tertiary/aromatic N) is 1. The number of carboxylic acids is 1. The summed E-state index contributed by atoms with van der Waals surface area (Å²) < 4.78 is 0. The Morgan fingerprint density at radius 1 is 1.30 bits per heavy atom. The number of nitrogen functional groups attached to an aromatic ring is 1. The van der Waals surface area contributed by atoms with Crippen LogP contribution in [0.5, 0.6) is 0 Å². The van der Waals surface area contributed by atoms with Crippen molar-refractivity contribution in [2.24, 2.45) is 0 Å². The van der Waals surface area contributed by atoms with Crippen LogP contribution < -0.4 is 5.73 Å². The first-order valence-corrected chi connectivity index (χ1v) is 5.68. The monoisotopic (exact) mass is 274 g/mol. The molecular formula is C14H14N2O4. The van der Waals surface area contributed by atoms with Gasteiger partial charge in [-0.3, -0.25) is 14.6 Å². The highest BCUT2D eigenvalue weighted by molar-refractivity contribution is 5.75. The maximum atomic E-state index is 10.6. The maximum Gasteiger partial charge on any atom is 0.307 e. The molecule has 1 aromatic heterocycles. The number of pyridine rings is 1. The summed E-state index contributed by atoms with van der Waals surface area (Å²) in [4.78, 5) is 23.2. The molecular weight excluding hydrogens is 260 g/mol. The van der Waals surface area contributed by atoms with E-state index in [4.69, 9.17) is 20.7 Å². The van der Waals surface area contributed by atoms with Crippen molar-refractivity contribution in [3.63, 3.8) is 0 Å². The van der Waals surface area contributed by atoms with Crippen LogP contribution in [0.3, 0.4) is 0 Å². The summed E-state index contributed by atoms with van der Waals surface area (Å²) in [6.45, 7) is -0.250. The highest BCUT2D eigenvalue weighted by Crippen LogP contribution is 2.23. The van der Waals surface area contributed by atoms with Crippen molar-refractivity contribution in [3.05, 3.63) is 48.2 Å². The Balaban J connectivity index is 0.000000612. The number of rotatable bonds is 3. The Hall–Kier alpha value is -2.89. The fraction of sp³-hybridized carbons (Fsp3) is 0.0714. The van der Waals surface area contributed by atoms with E-state index in [0.29, 0.717) is 11.4 Å². The van der Waals surface area contributed by atoms with Crippen LogP contribution in [0.15, 0.2) is 42.6 Å². The zero-order valence-corrected chi connectivity index (χ0v) is 10.6. The number of aromatic nitrogens is 1. The van der Waals surface area contributed by atoms with Crippen LogP contribution in [0.4, 0.5) is 5.69 Å². The van der Waals surface area contributed by atoms with E-state index in [1.165, 1.54) is 0 Å². The third-order valence-electron chi connectivity index (χ3n) is 2.39. The quantitative estimate of drug-likeness (QED) is 0.733. The average Bonchev–Trinajstić information content (AvgIpc) is 2.39. The summed E-state index contributed by atoms with van der Waals surface area (Å²) >= 11 is 0. The van der Waals surface area contributed by atoms with Gasteiger partial charge in [-0.2, -0.15) is 0 Å². The number of aliphatic carboxylic acids is 1. The summed E-state index contributed by atoms with van der Waals surface area (Å²) in [6, 6.07) is 10.8. The molecule has 0 unspecified atom stereocenters. The molecule has 0 aliphatic heterocycles. The van der Waals surface area contributed by atoms with Crippen molar-refractivity contribution in [2.75, 3.05) is 5.73 Å². The number of carbonyl (C=O) groups is 2. The van der Waals surface area contributed by atoms with Gasteiger partial charge >= 0.3 is 5.97 Å². The lowest BCUT2D eigenvalue weighted by molar-refractivity contribution is -0.136. The van der Waals surface area contributed by atoms with E-state index in [2.05, 4.69) is 4.98 Å². The molecule has 104 valence electrons. The molecule has 0 aliphatic rings. The van der Waals surface area contributed by atoms with Crippen molar-refractivity contribution in [2.45, 2.75) is 6.42 Å². The van der Waals surface area contributed by atoms with E-state index in [9.17, 15) is 4.79 Å². The molecule has 0 saturated carbocycles. The number of hydrogen-bond acceptors (Lipinski definition) is 4. The van der Waals surface area contributed by atoms with Gasteiger partial charge in [0, 0.05) is 11.8 Å². The maximum absolute atomic E-state index is 10.6. The highest BCUT2D eigenvalue weighted by atomic mass is 16.4. The SMILES string of the molecule is Nc1cccnc1-c1cccc(CC(=O)O)c1.O=CO. The molecule has 6 heteroatoms. The Morgan fingerprint density at radius 2 is 2.00 bits per heavy atom. The molecule has 0 atom stereocenters. The Bertz CT molecular complexity index is 599. The molecule has 2 aromatic rings. The van der Waals surface area contributed by atoms with E-state index in [1.54, 1.807) is 30.5 Å². The zero-order chi connectivity index (χ0) is 15.0. The molecule has 0 aliphatic carbocycles. The molecule has 6 nitrogen and oxygen atoms in total. The molecule has 2 rings (SSSR count). The van der Waals surface area contributed by atoms with Crippen molar-refractivity contribution < 1.29 is 19.8 Å². The van der Waals surface area contributed by atoms with Gasteiger partial charge in [0.15, 0.2) is 0 Å². The van der Waals surface area contributed by atoms with Crippen LogP contribution in [0.2, 0.25) is 0 Å². The fourth-order valence-electron chi connectivity index (χ4n) is 1.66. The lowest BCUT2D eigenvalue weighted by Crippen LogP contribution is -2.00. The van der Waals surface area contributed by atoms with E-state index < -0.39 is 5.97 Å². The van der Waals surface area contributed by atoms with Crippen molar-refractivity contribution in [1.29, 1.82) is 0 Å². The number of nitrogens with two attached hydrogens (primary N) is 1. The van der Waals surface area contributed by atoms with Crippen molar-refractivity contribution in [1.82, 2.24) is 4.98 Å². The predicted octanol–water partition coefficient (Wildman–Crippen LogP) is 1.66. The summed E-state index contributed by atoms with van der Waals surface area (Å²) in [7, 11) is 0. The molecule has 1 heterocycles. The smallest absolute Gasteiger partial charge is 0.307 e. The topological polar surface area (TPSA) is 114 Å². The summed E-state index contributed by atoms with van der Waals surface area (Å²) in [6.07, 6.45) is 1.66. The first kappa shape index (κ1) is 15.2. The molecule has 20 heavy (non-hydrogen) atoms. The van der Waals surface area contributed by atoms with Crippen LogP contribution in [-0.4, -0.2) is 27.6 Å². The van der Waals surface area contributed by atoms with Gasteiger partial charge in [0.2, 0.25) is 0 Å². The van der Waals surface area contributed by atoms with Crippen molar-refractivity contribution in [3.8, 4) is 11.3 Å². The van der Waals surface area contributed by atoms with Crippen LogP contribution in [0.1, 0.15) is 5.56 Å². The molecule has 0 saturated heterocycles. The largest absolute Gasteiger partial charge is 0.483 e. The minimum Gasteiger partial charge on any atom is -0.483 e. The first-order chi connectivity index (χ1) is 9.58. The first-order valence-electron chi connectivity index (χ1n) is 5.68. The van der Waals surface area contributed by atoms with Crippen LogP contribution >= 0.6 is 0 Å². The third-order valence-corrected chi connectivity index (χ3v) is 2.39. The molecule has 0 radical (unpaired) electrons. The standard InChI is InChI=1S/C13H12N2O2.CH2O2/c14-11-5-2-6-15-13(11)10-4-1-3-9(7-10)8-12(16)17;2-1-3/h1-7H,8,14H2,(H,16,17);1H,(H,2,3). The van der Waals surface area contributed by atoms with Crippen LogP contribution in [0, 0.1) is 0 Å². The van der Waals surface area contributed by atoms with Gasteiger partial charge < -0.3 is 15.9 Å². The lowest BCUT2D eigenvalue weighted by Gasteiger charge is -2.05. The van der Waals surface area contributed by atoms with Gasteiger partial charge in [-0.1, -0.05) is 18.2 Å². The van der Waals surface area contributed by atoms with Gasteiger partial charge in [-0.05, 0) is 23.8 Å². The highest BCUT2D eigenvalue weighted by Gasteiger charge is 2.06. The molecule has 0 bridgehead atoms. The zero-order valence-electron chi connectivity index (χ0n) is 10.6. The lowest BCUT2D eigenvalue weighted by atomic mass is 10.0. The van der Waals surface area contributed by atoms with E-state index in [0.717, 1.165) is 11.1 Å². The van der Waals surface area contributed by atoms with E-state index >= 15 is 0 Å². The second kappa shape index (κ2) is 7.52. The van der Waals surface area contributed by atoms with Gasteiger partial charge in [-0.15, -0.1) is 0 Å². The second-order valence-electron chi connectivity index (χ2n) is 3.82. The van der Waals surface area contributed by atoms with E-state index in [1.807, 2.05) is 12.1 Å². The van der Waals surface area contributed by atoms with Gasteiger partial charge in [0.05, 0.1) is 17.8 Å². The molecule has 4 N–H and O–H groups in total. The van der Waals surface area contributed by atoms with E-state index in [-0.39, 0.29) is 12.9 Å². The Labute approximate surface area is 115 Å². The summed E-state index contributed by atoms with van der Waals surface area (Å²) in [5.74, 6) is -0.851. The molecule has 1 aromatic carbocycles. The normalized spacial score (nSPS) is 9.20. The number of carboxylic acid groups (broad SMARTS) is 2. The second-order valence-corrected chi connectivity index (χ2v) is 3.82.